The lowest BCUT2D eigenvalue weighted by Crippen LogP contribution is -1.83. The van der Waals surface area contributed by atoms with Gasteiger partial charge in [0.2, 0.25) is 0 Å². The van der Waals surface area contributed by atoms with Crippen molar-refractivity contribution >= 4 is 11.0 Å². The highest BCUT2D eigenvalue weighted by Crippen LogP contribution is 2.32. The monoisotopic (exact) mass is 217 g/mol. The SMILES string of the molecule is COc1cccc2c(CN=[N+]=[N-])c(C)oc12. The van der Waals surface area contributed by atoms with Crippen LogP contribution in [0.25, 0.3) is 21.4 Å². The van der Waals surface area contributed by atoms with E-state index in [0.717, 1.165) is 16.7 Å². The third-order valence-electron chi connectivity index (χ3n) is 2.50. The molecule has 0 amide bonds. The van der Waals surface area contributed by atoms with E-state index in [2.05, 4.69) is 10.0 Å². The van der Waals surface area contributed by atoms with E-state index in [1.807, 2.05) is 25.1 Å². The van der Waals surface area contributed by atoms with Crippen molar-refractivity contribution in [1.29, 1.82) is 0 Å². The average molecular weight is 217 g/mol. The summed E-state index contributed by atoms with van der Waals surface area (Å²) in [6, 6.07) is 5.65. The number of hydrogen-bond acceptors (Lipinski definition) is 3. The fourth-order valence-electron chi connectivity index (χ4n) is 1.72. The minimum Gasteiger partial charge on any atom is -0.493 e. The van der Waals surface area contributed by atoms with Crippen LogP contribution in [0.1, 0.15) is 11.3 Å². The minimum atomic E-state index is 0.294. The Morgan fingerprint density at radius 3 is 3.00 bits per heavy atom. The summed E-state index contributed by atoms with van der Waals surface area (Å²) >= 11 is 0. The van der Waals surface area contributed by atoms with E-state index in [9.17, 15) is 0 Å². The fourth-order valence-corrected chi connectivity index (χ4v) is 1.72. The lowest BCUT2D eigenvalue weighted by Gasteiger charge is -1.99. The van der Waals surface area contributed by atoms with Gasteiger partial charge in [0.25, 0.3) is 0 Å². The normalized spacial score (nSPS) is 10.1. The second-order valence-electron chi connectivity index (χ2n) is 3.36. The Kier molecular flexibility index (Phi) is 2.70. The van der Waals surface area contributed by atoms with Gasteiger partial charge < -0.3 is 9.15 Å². The van der Waals surface area contributed by atoms with Gasteiger partial charge in [0, 0.05) is 15.9 Å². The summed E-state index contributed by atoms with van der Waals surface area (Å²) in [5, 5.41) is 4.49. The molecule has 0 radical (unpaired) electrons. The van der Waals surface area contributed by atoms with Gasteiger partial charge in [0.05, 0.1) is 13.7 Å². The molecule has 0 aliphatic heterocycles. The number of fused-ring (bicyclic) bond motifs is 1. The van der Waals surface area contributed by atoms with Crippen molar-refractivity contribution in [2.75, 3.05) is 7.11 Å². The Bertz CT molecular complexity index is 568. The van der Waals surface area contributed by atoms with Crippen molar-refractivity contribution in [2.24, 2.45) is 5.11 Å². The molecule has 1 aromatic carbocycles. The number of hydrogen-bond donors (Lipinski definition) is 0. The Morgan fingerprint density at radius 1 is 1.50 bits per heavy atom. The molecule has 0 saturated carbocycles. The molecule has 0 N–H and O–H groups in total. The number of ether oxygens (including phenoxy) is 1. The number of rotatable bonds is 3. The molecular formula is C11H11N3O2. The molecule has 0 fully saturated rings. The Labute approximate surface area is 92.2 Å². The van der Waals surface area contributed by atoms with Crippen molar-refractivity contribution in [2.45, 2.75) is 13.5 Å². The molecule has 1 aromatic heterocycles. The van der Waals surface area contributed by atoms with Crippen LogP contribution in [-0.2, 0) is 6.54 Å². The molecule has 0 unspecified atom stereocenters. The van der Waals surface area contributed by atoms with Crippen molar-refractivity contribution in [3.8, 4) is 5.75 Å². The molecule has 0 bridgehead atoms. The Balaban J connectivity index is 2.65. The zero-order valence-electron chi connectivity index (χ0n) is 9.10. The van der Waals surface area contributed by atoms with E-state index >= 15 is 0 Å². The molecule has 5 nitrogen and oxygen atoms in total. The summed E-state index contributed by atoms with van der Waals surface area (Å²) in [5.74, 6) is 1.44. The van der Waals surface area contributed by atoms with E-state index in [1.165, 1.54) is 0 Å². The lowest BCUT2D eigenvalue weighted by atomic mass is 10.1. The van der Waals surface area contributed by atoms with Crippen LogP contribution < -0.4 is 4.74 Å². The number of aryl methyl sites for hydroxylation is 1. The summed E-state index contributed by atoms with van der Waals surface area (Å²) in [4.78, 5) is 2.75. The predicted molar refractivity (Wildman–Crippen MR) is 60.4 cm³/mol. The molecule has 0 spiro atoms. The first-order chi connectivity index (χ1) is 7.77. The molecule has 1 heterocycles. The summed E-state index contributed by atoms with van der Waals surface area (Å²) in [6.07, 6.45) is 0. The van der Waals surface area contributed by atoms with Gasteiger partial charge in [-0.25, -0.2) is 0 Å². The molecule has 5 heteroatoms. The van der Waals surface area contributed by atoms with Gasteiger partial charge in [-0.05, 0) is 18.5 Å². The first-order valence-corrected chi connectivity index (χ1v) is 4.83. The number of methoxy groups -OCH3 is 1. The van der Waals surface area contributed by atoms with Gasteiger partial charge in [-0.1, -0.05) is 17.2 Å². The first-order valence-electron chi connectivity index (χ1n) is 4.83. The standard InChI is InChI=1S/C11H11N3O2/c1-7-9(6-13-14-12)8-4-3-5-10(15-2)11(8)16-7/h3-5H,6H2,1-2H3. The third-order valence-corrected chi connectivity index (χ3v) is 2.50. The molecule has 0 saturated heterocycles. The predicted octanol–water partition coefficient (Wildman–Crippen LogP) is 3.56. The highest BCUT2D eigenvalue weighted by molar-refractivity contribution is 5.87. The Hall–Kier alpha value is -2.13. The zero-order chi connectivity index (χ0) is 11.5. The molecule has 2 aromatic rings. The van der Waals surface area contributed by atoms with E-state index in [1.54, 1.807) is 7.11 Å². The lowest BCUT2D eigenvalue weighted by molar-refractivity contribution is 0.408. The zero-order valence-corrected chi connectivity index (χ0v) is 9.10. The maximum Gasteiger partial charge on any atom is 0.176 e. The quantitative estimate of drug-likeness (QED) is 0.448. The molecular weight excluding hydrogens is 206 g/mol. The van der Waals surface area contributed by atoms with Crippen LogP contribution in [0, 0.1) is 6.92 Å². The van der Waals surface area contributed by atoms with Gasteiger partial charge in [-0.2, -0.15) is 0 Å². The van der Waals surface area contributed by atoms with Gasteiger partial charge in [0.15, 0.2) is 11.3 Å². The van der Waals surface area contributed by atoms with Crippen LogP contribution in [0.4, 0.5) is 0 Å². The fraction of sp³-hybridized carbons (Fsp3) is 0.273. The number of para-hydroxylation sites is 1. The van der Waals surface area contributed by atoms with Gasteiger partial charge in [0.1, 0.15) is 5.76 Å². The third kappa shape index (κ3) is 1.57. The highest BCUT2D eigenvalue weighted by atomic mass is 16.5. The van der Waals surface area contributed by atoms with Crippen LogP contribution in [0.15, 0.2) is 27.7 Å². The highest BCUT2D eigenvalue weighted by Gasteiger charge is 2.13. The van der Waals surface area contributed by atoms with E-state index < -0.39 is 0 Å². The topological polar surface area (TPSA) is 71.1 Å². The first kappa shape index (κ1) is 10.4. The molecule has 0 aliphatic carbocycles. The molecule has 16 heavy (non-hydrogen) atoms. The molecule has 0 aliphatic rings. The van der Waals surface area contributed by atoms with Crippen LogP contribution in [0.3, 0.4) is 0 Å². The van der Waals surface area contributed by atoms with Crippen LogP contribution >= 0.6 is 0 Å². The van der Waals surface area contributed by atoms with Gasteiger partial charge >= 0.3 is 0 Å². The number of azide groups is 1. The van der Waals surface area contributed by atoms with Crippen LogP contribution in [-0.4, -0.2) is 7.11 Å². The maximum atomic E-state index is 8.33. The van der Waals surface area contributed by atoms with E-state index in [-0.39, 0.29) is 0 Å². The van der Waals surface area contributed by atoms with Crippen molar-refractivity contribution < 1.29 is 9.15 Å². The number of nitrogens with zero attached hydrogens (tertiary/aromatic N) is 3. The maximum absolute atomic E-state index is 8.33. The van der Waals surface area contributed by atoms with E-state index in [4.69, 9.17) is 14.7 Å². The van der Waals surface area contributed by atoms with Gasteiger partial charge in [-0.15, -0.1) is 0 Å². The average Bonchev–Trinajstić information content (AvgIpc) is 2.62. The molecule has 2 rings (SSSR count). The van der Waals surface area contributed by atoms with Crippen molar-refractivity contribution in [3.05, 3.63) is 40.0 Å². The largest absolute Gasteiger partial charge is 0.493 e. The molecule has 82 valence electrons. The molecule has 0 atom stereocenters. The number of benzene rings is 1. The van der Waals surface area contributed by atoms with E-state index in [0.29, 0.717) is 17.9 Å². The summed E-state index contributed by atoms with van der Waals surface area (Å²) in [6.45, 7) is 2.14. The summed E-state index contributed by atoms with van der Waals surface area (Å²) in [7, 11) is 1.60. The van der Waals surface area contributed by atoms with Crippen molar-refractivity contribution in [3.63, 3.8) is 0 Å². The van der Waals surface area contributed by atoms with Crippen molar-refractivity contribution in [1.82, 2.24) is 0 Å². The smallest absolute Gasteiger partial charge is 0.176 e. The summed E-state index contributed by atoms with van der Waals surface area (Å²) < 4.78 is 10.8. The van der Waals surface area contributed by atoms with Crippen LogP contribution in [0.5, 0.6) is 5.75 Å². The second kappa shape index (κ2) is 4.16. The second-order valence-corrected chi connectivity index (χ2v) is 3.36. The minimum absolute atomic E-state index is 0.294. The number of furan rings is 1. The van der Waals surface area contributed by atoms with Gasteiger partial charge in [-0.3, -0.25) is 0 Å². The Morgan fingerprint density at radius 2 is 2.31 bits per heavy atom. The van der Waals surface area contributed by atoms with Crippen LogP contribution in [0.2, 0.25) is 0 Å². The summed E-state index contributed by atoms with van der Waals surface area (Å²) in [5.41, 5.74) is 9.94.